The Balaban J connectivity index is 1.48. The third kappa shape index (κ3) is 5.47. The van der Waals surface area contributed by atoms with Crippen LogP contribution < -0.4 is 5.32 Å². The highest BCUT2D eigenvalue weighted by Crippen LogP contribution is 2.25. The van der Waals surface area contributed by atoms with Crippen molar-refractivity contribution in [3.05, 3.63) is 69.2 Å². The van der Waals surface area contributed by atoms with Gasteiger partial charge in [0.2, 0.25) is 5.91 Å². The molecule has 0 unspecified atom stereocenters. The first-order valence-corrected chi connectivity index (χ1v) is 10.2. The molecule has 2 aromatic rings. The van der Waals surface area contributed by atoms with Crippen molar-refractivity contribution >= 4 is 29.1 Å². The molecular weight excluding hydrogens is 379 g/mol. The maximum absolute atomic E-state index is 12.6. The Labute approximate surface area is 171 Å². The lowest BCUT2D eigenvalue weighted by molar-refractivity contribution is -0.127. The van der Waals surface area contributed by atoms with Crippen molar-refractivity contribution in [3.8, 4) is 0 Å². The molecule has 1 fully saturated rings. The first-order valence-electron chi connectivity index (χ1n) is 9.45. The van der Waals surface area contributed by atoms with E-state index in [1.807, 2.05) is 25.1 Å². The number of benzene rings is 2. The van der Waals surface area contributed by atoms with Crippen LogP contribution in [0.3, 0.4) is 0 Å². The summed E-state index contributed by atoms with van der Waals surface area (Å²) < 4.78 is 0. The van der Waals surface area contributed by atoms with E-state index in [-0.39, 0.29) is 17.9 Å². The number of carbonyl (C=O) groups excluding carboxylic acids is 1. The topological polar surface area (TPSA) is 32.3 Å². The van der Waals surface area contributed by atoms with Crippen LogP contribution in [0.2, 0.25) is 10.0 Å². The van der Waals surface area contributed by atoms with E-state index in [1.54, 1.807) is 0 Å². The highest BCUT2D eigenvalue weighted by atomic mass is 35.5. The molecule has 1 heterocycles. The van der Waals surface area contributed by atoms with E-state index >= 15 is 0 Å². The number of nitrogens with zero attached hydrogens (tertiary/aromatic N) is 1. The Bertz CT molecular complexity index is 783. The molecule has 0 saturated carbocycles. The van der Waals surface area contributed by atoms with Crippen molar-refractivity contribution in [2.75, 3.05) is 13.1 Å². The molecule has 27 heavy (non-hydrogen) atoms. The smallest absolute Gasteiger partial charge is 0.223 e. The lowest BCUT2D eigenvalue weighted by Crippen LogP contribution is -2.40. The van der Waals surface area contributed by atoms with Crippen molar-refractivity contribution in [2.45, 2.75) is 39.3 Å². The van der Waals surface area contributed by atoms with Crippen LogP contribution in [0.25, 0.3) is 0 Å². The SMILES string of the molecule is Cc1ccc([C@@H](C)NC(=O)C2CCN(Cc3ccc(Cl)c(Cl)c3)CC2)cc1. The van der Waals surface area contributed by atoms with Gasteiger partial charge in [-0.25, -0.2) is 0 Å². The number of nitrogens with one attached hydrogen (secondary N) is 1. The van der Waals surface area contributed by atoms with E-state index in [9.17, 15) is 4.79 Å². The van der Waals surface area contributed by atoms with E-state index in [2.05, 4.69) is 41.4 Å². The molecule has 0 aromatic heterocycles. The molecule has 2 aromatic carbocycles. The molecule has 3 nitrogen and oxygen atoms in total. The Morgan fingerprint density at radius 1 is 1.11 bits per heavy atom. The fourth-order valence-corrected chi connectivity index (χ4v) is 3.84. The summed E-state index contributed by atoms with van der Waals surface area (Å²) in [6.07, 6.45) is 1.77. The number of likely N-dealkylation sites (tertiary alicyclic amines) is 1. The number of halogens is 2. The second-order valence-electron chi connectivity index (χ2n) is 7.44. The first-order chi connectivity index (χ1) is 12.9. The minimum absolute atomic E-state index is 0.0346. The van der Waals surface area contributed by atoms with E-state index < -0.39 is 0 Å². The number of rotatable bonds is 5. The Morgan fingerprint density at radius 2 is 1.78 bits per heavy atom. The van der Waals surface area contributed by atoms with E-state index in [4.69, 9.17) is 23.2 Å². The molecule has 1 aliphatic heterocycles. The van der Waals surface area contributed by atoms with Gasteiger partial charge in [-0.2, -0.15) is 0 Å². The maximum Gasteiger partial charge on any atom is 0.223 e. The summed E-state index contributed by atoms with van der Waals surface area (Å²) in [5, 5.41) is 4.35. The van der Waals surface area contributed by atoms with Gasteiger partial charge in [-0.05, 0) is 63.0 Å². The second kappa shape index (κ2) is 9.09. The molecule has 5 heteroatoms. The maximum atomic E-state index is 12.6. The molecule has 0 bridgehead atoms. The zero-order valence-electron chi connectivity index (χ0n) is 15.8. The predicted molar refractivity (Wildman–Crippen MR) is 112 cm³/mol. The van der Waals surface area contributed by atoms with Gasteiger partial charge in [0.1, 0.15) is 0 Å². The molecule has 0 radical (unpaired) electrons. The quantitative estimate of drug-likeness (QED) is 0.723. The van der Waals surface area contributed by atoms with E-state index in [0.29, 0.717) is 10.0 Å². The Kier molecular flexibility index (Phi) is 6.80. The number of hydrogen-bond acceptors (Lipinski definition) is 2. The van der Waals surface area contributed by atoms with Crippen LogP contribution in [0.4, 0.5) is 0 Å². The zero-order valence-corrected chi connectivity index (χ0v) is 17.4. The summed E-state index contributed by atoms with van der Waals surface area (Å²) in [6, 6.07) is 14.1. The average molecular weight is 405 g/mol. The fraction of sp³-hybridized carbons (Fsp3) is 0.409. The monoisotopic (exact) mass is 404 g/mol. The lowest BCUT2D eigenvalue weighted by atomic mass is 9.94. The number of hydrogen-bond donors (Lipinski definition) is 1. The number of carbonyl (C=O) groups is 1. The number of piperidine rings is 1. The van der Waals surface area contributed by atoms with Crippen LogP contribution in [0, 0.1) is 12.8 Å². The van der Waals surface area contributed by atoms with Crippen LogP contribution in [-0.2, 0) is 11.3 Å². The van der Waals surface area contributed by atoms with Crippen LogP contribution in [-0.4, -0.2) is 23.9 Å². The molecule has 3 rings (SSSR count). The summed E-state index contributed by atoms with van der Waals surface area (Å²) in [6.45, 7) is 6.78. The second-order valence-corrected chi connectivity index (χ2v) is 8.25. The molecule has 1 aliphatic rings. The van der Waals surface area contributed by atoms with E-state index in [0.717, 1.165) is 43.6 Å². The molecule has 144 valence electrons. The third-order valence-corrected chi connectivity index (χ3v) is 6.02. The Morgan fingerprint density at radius 3 is 2.41 bits per heavy atom. The summed E-state index contributed by atoms with van der Waals surface area (Å²) in [5.41, 5.74) is 3.53. The molecule has 1 saturated heterocycles. The minimum Gasteiger partial charge on any atom is -0.349 e. The normalized spacial score (nSPS) is 16.9. The van der Waals surface area contributed by atoms with Crippen molar-refractivity contribution < 1.29 is 4.79 Å². The van der Waals surface area contributed by atoms with Gasteiger partial charge in [0.05, 0.1) is 16.1 Å². The van der Waals surface area contributed by atoms with Crippen LogP contribution in [0.1, 0.15) is 42.5 Å². The van der Waals surface area contributed by atoms with Crippen LogP contribution in [0.5, 0.6) is 0 Å². The molecule has 1 N–H and O–H groups in total. The third-order valence-electron chi connectivity index (χ3n) is 5.28. The molecule has 1 amide bonds. The van der Waals surface area contributed by atoms with Crippen LogP contribution >= 0.6 is 23.2 Å². The van der Waals surface area contributed by atoms with Crippen molar-refractivity contribution in [1.29, 1.82) is 0 Å². The predicted octanol–water partition coefficient (Wildman–Crippen LogP) is 5.39. The van der Waals surface area contributed by atoms with Gasteiger partial charge in [-0.3, -0.25) is 9.69 Å². The fourth-order valence-electron chi connectivity index (χ4n) is 3.52. The molecule has 0 aliphatic carbocycles. The van der Waals surface area contributed by atoms with Gasteiger partial charge in [0, 0.05) is 12.5 Å². The van der Waals surface area contributed by atoms with E-state index in [1.165, 1.54) is 5.56 Å². The Hall–Kier alpha value is -1.55. The first kappa shape index (κ1) is 20.2. The summed E-state index contributed by atoms with van der Waals surface area (Å²) in [4.78, 5) is 15.0. The van der Waals surface area contributed by atoms with Gasteiger partial charge in [-0.1, -0.05) is 59.1 Å². The largest absolute Gasteiger partial charge is 0.349 e. The summed E-state index contributed by atoms with van der Waals surface area (Å²) in [5.74, 6) is 0.250. The highest BCUT2D eigenvalue weighted by Gasteiger charge is 2.26. The minimum atomic E-state index is 0.0346. The van der Waals surface area contributed by atoms with Crippen LogP contribution in [0.15, 0.2) is 42.5 Å². The van der Waals surface area contributed by atoms with Gasteiger partial charge >= 0.3 is 0 Å². The highest BCUT2D eigenvalue weighted by molar-refractivity contribution is 6.42. The molecule has 1 atom stereocenters. The van der Waals surface area contributed by atoms with Gasteiger partial charge in [0.25, 0.3) is 0 Å². The van der Waals surface area contributed by atoms with Gasteiger partial charge in [0.15, 0.2) is 0 Å². The van der Waals surface area contributed by atoms with Crippen molar-refractivity contribution in [3.63, 3.8) is 0 Å². The average Bonchev–Trinajstić information content (AvgIpc) is 2.66. The van der Waals surface area contributed by atoms with Gasteiger partial charge in [-0.15, -0.1) is 0 Å². The van der Waals surface area contributed by atoms with Gasteiger partial charge < -0.3 is 5.32 Å². The molecular formula is C22H26Cl2N2O. The number of amides is 1. The summed E-state index contributed by atoms with van der Waals surface area (Å²) in [7, 11) is 0. The molecule has 0 spiro atoms. The number of aryl methyl sites for hydroxylation is 1. The zero-order chi connectivity index (χ0) is 19.4. The van der Waals surface area contributed by atoms with Crippen molar-refractivity contribution in [2.24, 2.45) is 5.92 Å². The summed E-state index contributed by atoms with van der Waals surface area (Å²) >= 11 is 12.1. The lowest BCUT2D eigenvalue weighted by Gasteiger charge is -2.32. The standard InChI is InChI=1S/C22H26Cl2N2O/c1-15-3-6-18(7-4-15)16(2)25-22(27)19-9-11-26(12-10-19)14-17-5-8-20(23)21(24)13-17/h3-8,13,16,19H,9-12,14H2,1-2H3,(H,25,27)/t16-/m1/s1. The van der Waals surface area contributed by atoms with Crippen molar-refractivity contribution in [1.82, 2.24) is 10.2 Å².